The lowest BCUT2D eigenvalue weighted by Gasteiger charge is -2.13. The van der Waals surface area contributed by atoms with Gasteiger partial charge in [0.15, 0.2) is 0 Å². The SMILES string of the molecule is O=C(NCCN1C(=O)S/C(=C\c2cccnc2)C1=O)c1ccc(-n2cccn2)cc1. The minimum Gasteiger partial charge on any atom is -0.350 e. The van der Waals surface area contributed by atoms with Gasteiger partial charge >= 0.3 is 0 Å². The minimum absolute atomic E-state index is 0.103. The van der Waals surface area contributed by atoms with Crippen molar-refractivity contribution in [1.82, 2.24) is 25.0 Å². The van der Waals surface area contributed by atoms with Crippen LogP contribution in [0, 0.1) is 0 Å². The first-order valence-electron chi connectivity index (χ1n) is 9.15. The van der Waals surface area contributed by atoms with Crippen LogP contribution in [0.2, 0.25) is 0 Å². The fraction of sp³-hybridized carbons (Fsp3) is 0.0952. The third-order valence-corrected chi connectivity index (χ3v) is 5.28. The van der Waals surface area contributed by atoms with Crippen LogP contribution in [-0.2, 0) is 4.79 Å². The van der Waals surface area contributed by atoms with Gasteiger partial charge in [0.25, 0.3) is 17.1 Å². The standard InChI is InChI=1S/C21H17N5O3S/c27-19(16-4-6-17(7-5-16)26-11-2-9-24-26)23-10-12-25-20(28)18(30-21(25)29)13-15-3-1-8-22-14-15/h1-9,11,13-14H,10,12H2,(H,23,27)/b18-13-. The van der Waals surface area contributed by atoms with Crippen LogP contribution in [0.25, 0.3) is 11.8 Å². The number of aromatic nitrogens is 3. The van der Waals surface area contributed by atoms with E-state index in [1.165, 1.54) is 0 Å². The van der Waals surface area contributed by atoms with Crippen molar-refractivity contribution in [2.45, 2.75) is 0 Å². The molecule has 1 aliphatic rings. The maximum atomic E-state index is 12.5. The summed E-state index contributed by atoms with van der Waals surface area (Å²) < 4.78 is 1.69. The molecule has 1 aromatic carbocycles. The lowest BCUT2D eigenvalue weighted by molar-refractivity contribution is -0.122. The van der Waals surface area contributed by atoms with Gasteiger partial charge in [-0.05, 0) is 59.8 Å². The lowest BCUT2D eigenvalue weighted by atomic mass is 10.2. The molecule has 1 fully saturated rings. The van der Waals surface area contributed by atoms with Crippen LogP contribution in [-0.4, -0.2) is 49.8 Å². The summed E-state index contributed by atoms with van der Waals surface area (Å²) in [6, 6.07) is 12.4. The van der Waals surface area contributed by atoms with E-state index in [9.17, 15) is 14.4 Å². The van der Waals surface area contributed by atoms with E-state index in [1.807, 2.05) is 12.3 Å². The summed E-state index contributed by atoms with van der Waals surface area (Å²) in [7, 11) is 0. The third-order valence-electron chi connectivity index (χ3n) is 4.38. The summed E-state index contributed by atoms with van der Waals surface area (Å²) in [5.74, 6) is -0.647. The largest absolute Gasteiger partial charge is 0.350 e. The van der Waals surface area contributed by atoms with Crippen molar-refractivity contribution in [1.29, 1.82) is 0 Å². The van der Waals surface area contributed by atoms with Crippen LogP contribution in [0.5, 0.6) is 0 Å². The van der Waals surface area contributed by atoms with Gasteiger partial charge in [0, 0.05) is 43.4 Å². The zero-order chi connectivity index (χ0) is 20.9. The predicted molar refractivity (Wildman–Crippen MR) is 113 cm³/mol. The Hall–Kier alpha value is -3.72. The molecule has 9 heteroatoms. The third kappa shape index (κ3) is 4.31. The number of carbonyl (C=O) groups excluding carboxylic acids is 3. The van der Waals surface area contributed by atoms with Gasteiger partial charge in [0.1, 0.15) is 0 Å². The summed E-state index contributed by atoms with van der Waals surface area (Å²) >= 11 is 0.882. The molecule has 0 unspecified atom stereocenters. The highest BCUT2D eigenvalue weighted by molar-refractivity contribution is 8.18. The van der Waals surface area contributed by atoms with E-state index in [1.54, 1.807) is 65.7 Å². The number of hydrogen-bond acceptors (Lipinski definition) is 6. The molecule has 30 heavy (non-hydrogen) atoms. The van der Waals surface area contributed by atoms with E-state index in [-0.39, 0.29) is 30.1 Å². The Morgan fingerprint density at radius 3 is 2.63 bits per heavy atom. The van der Waals surface area contributed by atoms with Crippen molar-refractivity contribution in [3.8, 4) is 5.69 Å². The van der Waals surface area contributed by atoms with E-state index in [4.69, 9.17) is 0 Å². The highest BCUT2D eigenvalue weighted by atomic mass is 32.2. The highest BCUT2D eigenvalue weighted by Gasteiger charge is 2.34. The molecule has 3 heterocycles. The lowest BCUT2D eigenvalue weighted by Crippen LogP contribution is -2.37. The Balaban J connectivity index is 1.32. The first-order chi connectivity index (χ1) is 14.6. The van der Waals surface area contributed by atoms with E-state index >= 15 is 0 Å². The number of benzene rings is 1. The van der Waals surface area contributed by atoms with Crippen LogP contribution in [0.4, 0.5) is 4.79 Å². The molecule has 1 aliphatic heterocycles. The van der Waals surface area contributed by atoms with Crippen molar-refractivity contribution in [3.63, 3.8) is 0 Å². The predicted octanol–water partition coefficient (Wildman–Crippen LogP) is 2.73. The topological polar surface area (TPSA) is 97.2 Å². The smallest absolute Gasteiger partial charge is 0.293 e. The van der Waals surface area contributed by atoms with E-state index in [0.717, 1.165) is 27.9 Å². The number of carbonyl (C=O) groups is 3. The molecule has 0 bridgehead atoms. The minimum atomic E-state index is -0.369. The van der Waals surface area contributed by atoms with Crippen LogP contribution in [0.15, 0.2) is 72.2 Å². The molecular weight excluding hydrogens is 402 g/mol. The molecule has 2 aromatic heterocycles. The highest BCUT2D eigenvalue weighted by Crippen LogP contribution is 2.31. The molecule has 8 nitrogen and oxygen atoms in total. The normalized spacial score (nSPS) is 15.1. The summed E-state index contributed by atoms with van der Waals surface area (Å²) in [6.45, 7) is 0.268. The molecular formula is C21H17N5O3S. The molecule has 1 N–H and O–H groups in total. The Kier molecular flexibility index (Phi) is 5.71. The Bertz CT molecular complexity index is 1100. The van der Waals surface area contributed by atoms with Gasteiger partial charge in [-0.2, -0.15) is 5.10 Å². The summed E-state index contributed by atoms with van der Waals surface area (Å²) in [5, 5.41) is 6.52. The number of thioether (sulfide) groups is 1. The summed E-state index contributed by atoms with van der Waals surface area (Å²) in [6.07, 6.45) is 8.38. The molecule has 3 amide bonds. The maximum absolute atomic E-state index is 12.5. The Morgan fingerprint density at radius 2 is 1.93 bits per heavy atom. The van der Waals surface area contributed by atoms with Crippen LogP contribution in [0.3, 0.4) is 0 Å². The second-order valence-electron chi connectivity index (χ2n) is 6.37. The number of nitrogens with one attached hydrogen (secondary N) is 1. The molecule has 0 aliphatic carbocycles. The molecule has 3 aromatic rings. The molecule has 0 saturated carbocycles. The maximum Gasteiger partial charge on any atom is 0.293 e. The van der Waals surface area contributed by atoms with E-state index in [2.05, 4.69) is 15.4 Å². The number of hydrogen-bond donors (Lipinski definition) is 1. The van der Waals surface area contributed by atoms with E-state index in [0.29, 0.717) is 10.5 Å². The number of nitrogens with zero attached hydrogens (tertiary/aromatic N) is 4. The van der Waals surface area contributed by atoms with Gasteiger partial charge in [-0.15, -0.1) is 0 Å². The van der Waals surface area contributed by atoms with Crippen molar-refractivity contribution in [3.05, 3.63) is 83.3 Å². The van der Waals surface area contributed by atoms with Gasteiger partial charge in [-0.3, -0.25) is 24.3 Å². The van der Waals surface area contributed by atoms with Crippen molar-refractivity contribution < 1.29 is 14.4 Å². The molecule has 0 radical (unpaired) electrons. The van der Waals surface area contributed by atoms with Gasteiger partial charge in [-0.25, -0.2) is 4.68 Å². The van der Waals surface area contributed by atoms with Gasteiger partial charge in [0.2, 0.25) is 0 Å². The second-order valence-corrected chi connectivity index (χ2v) is 7.37. The average molecular weight is 419 g/mol. The van der Waals surface area contributed by atoms with Gasteiger partial charge < -0.3 is 5.32 Å². The summed E-state index contributed by atoms with van der Waals surface area (Å²) in [4.78, 5) is 42.5. The molecule has 0 atom stereocenters. The first-order valence-corrected chi connectivity index (χ1v) is 9.97. The van der Waals surface area contributed by atoms with Crippen molar-refractivity contribution in [2.75, 3.05) is 13.1 Å². The second kappa shape index (κ2) is 8.75. The Morgan fingerprint density at radius 1 is 1.10 bits per heavy atom. The number of imide groups is 1. The number of pyridine rings is 1. The van der Waals surface area contributed by atoms with Crippen LogP contribution >= 0.6 is 11.8 Å². The molecule has 150 valence electrons. The average Bonchev–Trinajstić information content (AvgIpc) is 3.39. The fourth-order valence-corrected chi connectivity index (χ4v) is 3.74. The van der Waals surface area contributed by atoms with Crippen LogP contribution < -0.4 is 5.32 Å². The zero-order valence-corrected chi connectivity index (χ0v) is 16.6. The first kappa shape index (κ1) is 19.6. The number of rotatable bonds is 6. The molecule has 1 saturated heterocycles. The van der Waals surface area contributed by atoms with Gasteiger partial charge in [0.05, 0.1) is 10.6 Å². The molecule has 4 rings (SSSR count). The summed E-state index contributed by atoms with van der Waals surface area (Å²) in [5.41, 5.74) is 2.07. The van der Waals surface area contributed by atoms with E-state index < -0.39 is 0 Å². The Labute approximate surface area is 176 Å². The fourth-order valence-electron chi connectivity index (χ4n) is 2.88. The van der Waals surface area contributed by atoms with Crippen molar-refractivity contribution in [2.24, 2.45) is 0 Å². The van der Waals surface area contributed by atoms with Crippen molar-refractivity contribution >= 4 is 34.9 Å². The van der Waals surface area contributed by atoms with Crippen LogP contribution in [0.1, 0.15) is 15.9 Å². The quantitative estimate of drug-likeness (QED) is 0.617. The van der Waals surface area contributed by atoms with Gasteiger partial charge in [-0.1, -0.05) is 6.07 Å². The zero-order valence-electron chi connectivity index (χ0n) is 15.8. The number of amides is 3. The molecule has 0 spiro atoms. The monoisotopic (exact) mass is 419 g/mol.